The van der Waals surface area contributed by atoms with Gasteiger partial charge in [0.05, 0.1) is 0 Å². The van der Waals surface area contributed by atoms with Crippen molar-refractivity contribution < 1.29 is 8.42 Å². The second-order valence-corrected chi connectivity index (χ2v) is 3.45. The van der Waals surface area contributed by atoms with E-state index in [1.165, 1.54) is 24.0 Å². The molecule has 8 heteroatoms. The molecule has 7 nitrogen and oxygen atoms in total. The minimum absolute atomic E-state index is 0.264. The highest BCUT2D eigenvalue weighted by molar-refractivity contribution is 7.89. The number of rotatable bonds is 2. The molecule has 0 saturated carbocycles. The summed E-state index contributed by atoms with van der Waals surface area (Å²) in [5.41, 5.74) is 7.93. The van der Waals surface area contributed by atoms with Gasteiger partial charge < -0.3 is 4.57 Å². The molecule has 12 heavy (non-hydrogen) atoms. The molecule has 1 rings (SSSR count). The lowest BCUT2D eigenvalue weighted by Gasteiger charge is -1.94. The van der Waals surface area contributed by atoms with Gasteiger partial charge in [0, 0.05) is 28.9 Å². The summed E-state index contributed by atoms with van der Waals surface area (Å²) >= 11 is 0. The Kier molecular flexibility index (Phi) is 2.03. The van der Waals surface area contributed by atoms with Gasteiger partial charge in [-0.05, 0) is 5.53 Å². The van der Waals surface area contributed by atoms with Gasteiger partial charge in [-0.25, -0.2) is 13.4 Å². The number of nitrogens with zero attached hydrogens (tertiary/aromatic N) is 5. The van der Waals surface area contributed by atoms with E-state index in [1.807, 2.05) is 0 Å². The number of azide groups is 1. The van der Waals surface area contributed by atoms with Crippen LogP contribution in [0.15, 0.2) is 22.1 Å². The fourth-order valence-corrected chi connectivity index (χ4v) is 1.47. The van der Waals surface area contributed by atoms with E-state index in [1.54, 1.807) is 0 Å². The molecular formula is C4H5N5O2S. The van der Waals surface area contributed by atoms with Gasteiger partial charge >= 0.3 is 0 Å². The van der Waals surface area contributed by atoms with Crippen molar-refractivity contribution in [2.45, 2.75) is 5.16 Å². The molecule has 0 N–H and O–H groups in total. The Balaban J connectivity index is 3.33. The van der Waals surface area contributed by atoms with Crippen LogP contribution >= 0.6 is 0 Å². The summed E-state index contributed by atoms with van der Waals surface area (Å²) in [7, 11) is -2.44. The summed E-state index contributed by atoms with van der Waals surface area (Å²) in [5, 5.41) is -0.264. The second kappa shape index (κ2) is 2.84. The zero-order valence-corrected chi connectivity index (χ0v) is 6.93. The summed E-state index contributed by atoms with van der Waals surface area (Å²) in [4.78, 5) is 5.70. The maximum absolute atomic E-state index is 11.0. The van der Waals surface area contributed by atoms with Crippen molar-refractivity contribution in [2.24, 2.45) is 11.6 Å². The van der Waals surface area contributed by atoms with Gasteiger partial charge in [0.15, 0.2) is 0 Å². The topological polar surface area (TPSA) is 101 Å². The summed E-state index contributed by atoms with van der Waals surface area (Å²) < 4.78 is 25.9. The highest BCUT2D eigenvalue weighted by Crippen LogP contribution is 2.07. The lowest BCUT2D eigenvalue weighted by Crippen LogP contribution is -2.03. The molecule has 0 amide bonds. The van der Waals surface area contributed by atoms with Crippen molar-refractivity contribution in [3.63, 3.8) is 0 Å². The van der Waals surface area contributed by atoms with Crippen LogP contribution in [-0.4, -0.2) is 18.0 Å². The van der Waals surface area contributed by atoms with Gasteiger partial charge in [0.2, 0.25) is 5.16 Å². The molecule has 0 atom stereocenters. The van der Waals surface area contributed by atoms with Crippen molar-refractivity contribution in [1.29, 1.82) is 0 Å². The van der Waals surface area contributed by atoms with E-state index in [9.17, 15) is 8.42 Å². The van der Waals surface area contributed by atoms with Crippen molar-refractivity contribution in [1.82, 2.24) is 9.55 Å². The average Bonchev–Trinajstić information content (AvgIpc) is 2.35. The molecule has 0 aromatic carbocycles. The van der Waals surface area contributed by atoms with Crippen LogP contribution in [0.1, 0.15) is 0 Å². The Labute approximate surface area is 68.3 Å². The maximum atomic E-state index is 11.0. The third kappa shape index (κ3) is 1.39. The Morgan fingerprint density at radius 2 is 2.42 bits per heavy atom. The van der Waals surface area contributed by atoms with Crippen LogP contribution in [0, 0.1) is 0 Å². The van der Waals surface area contributed by atoms with Crippen LogP contribution in [0.2, 0.25) is 0 Å². The highest BCUT2D eigenvalue weighted by Gasteiger charge is 2.16. The van der Waals surface area contributed by atoms with Crippen LogP contribution in [0.4, 0.5) is 0 Å². The molecular weight excluding hydrogens is 182 g/mol. The summed E-state index contributed by atoms with van der Waals surface area (Å²) in [5.74, 6) is 0. The average molecular weight is 187 g/mol. The largest absolute Gasteiger partial charge is 0.325 e. The van der Waals surface area contributed by atoms with Gasteiger partial charge in [-0.15, -0.1) is 0 Å². The van der Waals surface area contributed by atoms with Gasteiger partial charge in [-0.3, -0.25) is 0 Å². The second-order valence-electron chi connectivity index (χ2n) is 1.97. The molecule has 0 aliphatic carbocycles. The number of sulfonamides is 1. The van der Waals surface area contributed by atoms with E-state index in [2.05, 4.69) is 14.4 Å². The van der Waals surface area contributed by atoms with E-state index in [0.717, 1.165) is 0 Å². The molecule has 0 bridgehead atoms. The predicted octanol–water partition coefficient (Wildman–Crippen LogP) is 0.419. The van der Waals surface area contributed by atoms with Crippen LogP contribution in [0.5, 0.6) is 0 Å². The van der Waals surface area contributed by atoms with Gasteiger partial charge in [-0.2, -0.15) is 0 Å². The molecule has 1 heterocycles. The molecule has 0 unspecified atom stereocenters. The first-order valence-electron chi connectivity index (χ1n) is 2.86. The Bertz CT molecular complexity index is 426. The van der Waals surface area contributed by atoms with E-state index in [-0.39, 0.29) is 5.16 Å². The van der Waals surface area contributed by atoms with E-state index in [4.69, 9.17) is 5.53 Å². The van der Waals surface area contributed by atoms with Crippen molar-refractivity contribution in [3.8, 4) is 0 Å². The molecule has 0 spiro atoms. The van der Waals surface area contributed by atoms with Crippen LogP contribution in [-0.2, 0) is 17.1 Å². The number of hydrogen-bond donors (Lipinski definition) is 0. The minimum Gasteiger partial charge on any atom is -0.325 e. The van der Waals surface area contributed by atoms with Crippen LogP contribution in [0.25, 0.3) is 10.4 Å². The first kappa shape index (κ1) is 8.57. The fraction of sp³-hybridized carbons (Fsp3) is 0.250. The quantitative estimate of drug-likeness (QED) is 0.381. The number of aryl methyl sites for hydroxylation is 1. The lowest BCUT2D eigenvalue weighted by atomic mass is 10.9. The first-order valence-corrected chi connectivity index (χ1v) is 4.30. The molecule has 0 radical (unpaired) electrons. The van der Waals surface area contributed by atoms with Gasteiger partial charge in [-0.1, -0.05) is 0 Å². The van der Waals surface area contributed by atoms with E-state index in [0.29, 0.717) is 0 Å². The van der Waals surface area contributed by atoms with Crippen LogP contribution < -0.4 is 0 Å². The normalized spacial score (nSPS) is 10.8. The predicted molar refractivity (Wildman–Crippen MR) is 39.5 cm³/mol. The van der Waals surface area contributed by atoms with Crippen molar-refractivity contribution in [3.05, 3.63) is 22.8 Å². The molecule has 1 aromatic heterocycles. The lowest BCUT2D eigenvalue weighted by molar-refractivity contribution is 0.580. The standard InChI is InChI=1S/C4H5N5O2S/c1-9-3-2-6-4(9)12(10,11)8-7-5/h2-3H,1H3. The summed E-state index contributed by atoms with van der Waals surface area (Å²) in [6.45, 7) is 0. The number of hydrogen-bond acceptors (Lipinski definition) is 3. The zero-order valence-electron chi connectivity index (χ0n) is 6.12. The highest BCUT2D eigenvalue weighted by atomic mass is 32.2. The molecule has 0 aliphatic heterocycles. The van der Waals surface area contributed by atoms with E-state index < -0.39 is 10.0 Å². The smallest absolute Gasteiger partial charge is 0.297 e. The zero-order chi connectivity index (χ0) is 9.19. The Hall–Kier alpha value is -1.53. The molecule has 0 saturated heterocycles. The first-order chi connectivity index (χ1) is 5.58. The summed E-state index contributed by atoms with van der Waals surface area (Å²) in [6, 6.07) is 0. The van der Waals surface area contributed by atoms with Gasteiger partial charge in [0.1, 0.15) is 0 Å². The molecule has 0 fully saturated rings. The van der Waals surface area contributed by atoms with E-state index >= 15 is 0 Å². The number of imidazole rings is 1. The van der Waals surface area contributed by atoms with Crippen molar-refractivity contribution in [2.75, 3.05) is 0 Å². The van der Waals surface area contributed by atoms with Crippen molar-refractivity contribution >= 4 is 10.0 Å². The molecule has 0 aliphatic rings. The monoisotopic (exact) mass is 187 g/mol. The maximum Gasteiger partial charge on any atom is 0.297 e. The summed E-state index contributed by atoms with van der Waals surface area (Å²) in [6.07, 6.45) is 2.75. The SMILES string of the molecule is Cn1ccnc1S(=O)(=O)N=[N+]=[N-]. The number of aromatic nitrogens is 2. The van der Waals surface area contributed by atoms with Gasteiger partial charge in [0.25, 0.3) is 10.0 Å². The third-order valence-corrected chi connectivity index (χ3v) is 2.29. The minimum atomic E-state index is -3.94. The Morgan fingerprint density at radius 3 is 2.83 bits per heavy atom. The fourth-order valence-electron chi connectivity index (χ4n) is 0.685. The Morgan fingerprint density at radius 1 is 1.75 bits per heavy atom. The molecule has 64 valence electrons. The third-order valence-electron chi connectivity index (χ3n) is 1.15. The molecule has 1 aromatic rings. The van der Waals surface area contributed by atoms with Crippen LogP contribution in [0.3, 0.4) is 0 Å².